The van der Waals surface area contributed by atoms with Crippen molar-refractivity contribution in [2.24, 2.45) is 11.3 Å². The highest BCUT2D eigenvalue weighted by Crippen LogP contribution is 2.43. The minimum absolute atomic E-state index is 0. The molecule has 1 aliphatic heterocycles. The number of nitrogens with one attached hydrogen (secondary N) is 4. The van der Waals surface area contributed by atoms with Gasteiger partial charge in [-0.15, -0.1) is 24.8 Å². The third kappa shape index (κ3) is 10.7. The number of nitrogens with zero attached hydrogens (tertiary/aromatic N) is 1. The van der Waals surface area contributed by atoms with Crippen molar-refractivity contribution in [2.45, 2.75) is 45.1 Å². The lowest BCUT2D eigenvalue weighted by atomic mass is 9.75. The van der Waals surface area contributed by atoms with Gasteiger partial charge in [-0.05, 0) is 61.1 Å². The van der Waals surface area contributed by atoms with Crippen molar-refractivity contribution in [1.29, 1.82) is 0 Å². The van der Waals surface area contributed by atoms with E-state index < -0.39 is 5.41 Å². The molecule has 1 aromatic heterocycles. The topological polar surface area (TPSA) is 131 Å². The second-order valence-corrected chi connectivity index (χ2v) is 10.4. The molecule has 1 unspecified atom stereocenters. The summed E-state index contributed by atoms with van der Waals surface area (Å²) in [5.74, 6) is 0.958. The molecule has 4 N–H and O–H groups in total. The normalized spacial score (nSPS) is 20.3. The number of halogens is 2. The van der Waals surface area contributed by atoms with Gasteiger partial charge < -0.3 is 30.7 Å². The Balaban J connectivity index is 0.00000294. The molecule has 1 fully saturated rings. The summed E-state index contributed by atoms with van der Waals surface area (Å²) in [7, 11) is 1.55. The van der Waals surface area contributed by atoms with E-state index in [1.54, 1.807) is 25.6 Å². The van der Waals surface area contributed by atoms with Crippen molar-refractivity contribution < 1.29 is 23.9 Å². The van der Waals surface area contributed by atoms with E-state index in [0.717, 1.165) is 24.0 Å². The summed E-state index contributed by atoms with van der Waals surface area (Å²) in [4.78, 5) is 43.2. The zero-order chi connectivity index (χ0) is 27.5. The summed E-state index contributed by atoms with van der Waals surface area (Å²) in [6.07, 6.45) is 7.66. The molecule has 1 saturated carbocycles. The van der Waals surface area contributed by atoms with Gasteiger partial charge in [-0.3, -0.25) is 19.4 Å². The Bertz CT molecular complexity index is 1140. The van der Waals surface area contributed by atoms with Crippen LogP contribution in [0.25, 0.3) is 0 Å². The molecule has 2 aromatic rings. The Hall–Kier alpha value is -3.08. The van der Waals surface area contributed by atoms with Crippen LogP contribution >= 0.6 is 24.8 Å². The van der Waals surface area contributed by atoms with Crippen molar-refractivity contribution in [2.75, 3.05) is 39.9 Å². The molecule has 12 heteroatoms. The van der Waals surface area contributed by atoms with Crippen LogP contribution in [0.5, 0.6) is 11.5 Å². The molecule has 2 heterocycles. The number of benzene rings is 1. The zero-order valence-electron chi connectivity index (χ0n) is 23.4. The summed E-state index contributed by atoms with van der Waals surface area (Å²) in [5, 5.41) is 12.2. The average Bonchev–Trinajstić information content (AvgIpc) is 3.77. The summed E-state index contributed by atoms with van der Waals surface area (Å²) in [6.45, 7) is 2.15. The molecule has 2 aliphatic rings. The first-order chi connectivity index (χ1) is 19.0. The van der Waals surface area contributed by atoms with Crippen molar-refractivity contribution in [3.63, 3.8) is 0 Å². The van der Waals surface area contributed by atoms with Crippen LogP contribution in [-0.2, 0) is 27.3 Å². The Morgan fingerprint density at radius 2 is 1.95 bits per heavy atom. The maximum atomic E-state index is 13.9. The SMILES string of the molecule is COc1ccc2cc1OCC(=O)NCCNCCCC(=O)NCC(CC1CC1)(C(=O)NCc1cccnc1)C2.Cl.Cl. The van der Waals surface area contributed by atoms with Crippen LogP contribution < -0.4 is 30.7 Å². The van der Waals surface area contributed by atoms with Gasteiger partial charge in [0.1, 0.15) is 0 Å². The highest BCUT2D eigenvalue weighted by Gasteiger charge is 2.43. The van der Waals surface area contributed by atoms with Crippen LogP contribution in [0, 0.1) is 11.3 Å². The number of ether oxygens (including phenoxy) is 2. The van der Waals surface area contributed by atoms with E-state index in [4.69, 9.17) is 9.47 Å². The highest BCUT2D eigenvalue weighted by atomic mass is 35.5. The van der Waals surface area contributed by atoms with Crippen molar-refractivity contribution in [3.05, 3.63) is 53.9 Å². The Morgan fingerprint density at radius 3 is 2.68 bits per heavy atom. The first-order valence-electron chi connectivity index (χ1n) is 13.7. The average molecular weight is 611 g/mol. The van der Waals surface area contributed by atoms with E-state index in [1.165, 1.54) is 0 Å². The summed E-state index contributed by atoms with van der Waals surface area (Å²) in [5.41, 5.74) is 0.914. The molecule has 4 rings (SSSR count). The number of hydrogen-bond donors (Lipinski definition) is 4. The molecule has 1 aliphatic carbocycles. The lowest BCUT2D eigenvalue weighted by Gasteiger charge is -2.33. The predicted octanol–water partition coefficient (Wildman–Crippen LogP) is 2.57. The number of fused-ring (bicyclic) bond motifs is 2. The number of aromatic nitrogens is 1. The number of carbonyl (C=O) groups excluding carboxylic acids is 3. The fourth-order valence-corrected chi connectivity index (χ4v) is 4.88. The molecule has 0 spiro atoms. The van der Waals surface area contributed by atoms with Crippen LogP contribution in [0.15, 0.2) is 42.7 Å². The van der Waals surface area contributed by atoms with Crippen LogP contribution in [0.3, 0.4) is 0 Å². The molecule has 2 bridgehead atoms. The molecule has 1 aromatic carbocycles. The highest BCUT2D eigenvalue weighted by molar-refractivity contribution is 5.86. The van der Waals surface area contributed by atoms with Gasteiger partial charge in [-0.1, -0.05) is 25.0 Å². The number of rotatable bonds is 6. The minimum atomic E-state index is -0.855. The maximum absolute atomic E-state index is 13.9. The fraction of sp³-hybridized carbons (Fsp3) is 0.517. The van der Waals surface area contributed by atoms with Crippen molar-refractivity contribution >= 4 is 42.5 Å². The molecule has 0 radical (unpaired) electrons. The number of pyridine rings is 1. The van der Waals surface area contributed by atoms with Gasteiger partial charge in [0.2, 0.25) is 11.8 Å². The molecule has 3 amide bonds. The van der Waals surface area contributed by atoms with Crippen LogP contribution in [0.4, 0.5) is 0 Å². The second kappa shape index (κ2) is 17.0. The maximum Gasteiger partial charge on any atom is 0.257 e. The number of amides is 3. The van der Waals surface area contributed by atoms with E-state index >= 15 is 0 Å². The summed E-state index contributed by atoms with van der Waals surface area (Å²) in [6, 6.07) is 9.29. The molecule has 41 heavy (non-hydrogen) atoms. The number of carbonyl (C=O) groups is 3. The monoisotopic (exact) mass is 609 g/mol. The van der Waals surface area contributed by atoms with Crippen molar-refractivity contribution in [1.82, 2.24) is 26.3 Å². The smallest absolute Gasteiger partial charge is 0.257 e. The first kappa shape index (κ1) is 34.1. The third-order valence-electron chi connectivity index (χ3n) is 7.17. The van der Waals surface area contributed by atoms with E-state index in [2.05, 4.69) is 26.3 Å². The van der Waals surface area contributed by atoms with E-state index in [9.17, 15) is 14.4 Å². The van der Waals surface area contributed by atoms with Crippen LogP contribution in [0.1, 0.15) is 43.2 Å². The molecular formula is C29H41Cl2N5O5. The predicted molar refractivity (Wildman–Crippen MR) is 161 cm³/mol. The number of methoxy groups -OCH3 is 1. The van der Waals surface area contributed by atoms with E-state index in [0.29, 0.717) is 69.3 Å². The second-order valence-electron chi connectivity index (χ2n) is 10.4. The Morgan fingerprint density at radius 1 is 1.12 bits per heavy atom. The van der Waals surface area contributed by atoms with Crippen LogP contribution in [-0.4, -0.2) is 62.6 Å². The largest absolute Gasteiger partial charge is 0.493 e. The summed E-state index contributed by atoms with van der Waals surface area (Å²) < 4.78 is 11.3. The summed E-state index contributed by atoms with van der Waals surface area (Å²) >= 11 is 0. The van der Waals surface area contributed by atoms with Crippen molar-refractivity contribution in [3.8, 4) is 11.5 Å². The van der Waals surface area contributed by atoms with Gasteiger partial charge in [-0.2, -0.15) is 0 Å². The molecule has 226 valence electrons. The zero-order valence-corrected chi connectivity index (χ0v) is 25.0. The molecule has 10 nitrogen and oxygen atoms in total. The lowest BCUT2D eigenvalue weighted by molar-refractivity contribution is -0.132. The Labute approximate surface area is 253 Å². The molecular weight excluding hydrogens is 569 g/mol. The Kier molecular flexibility index (Phi) is 14.2. The standard InChI is InChI=1S/C29H39N5O5.2ClH/c1-38-24-9-8-22-14-25(24)39-19-27(36)32-13-12-30-10-3-5-26(35)34-20-29(16-22,15-21-6-7-21)28(37)33-18-23-4-2-11-31-17-23;;/h2,4,8-9,11,14,17,21,30H,3,5-7,10,12-13,15-16,18-20H2,1H3,(H,32,36)(H,33,37)(H,34,35);2*1H. The molecule has 1 atom stereocenters. The fourth-order valence-electron chi connectivity index (χ4n) is 4.88. The minimum Gasteiger partial charge on any atom is -0.493 e. The van der Waals surface area contributed by atoms with Gasteiger partial charge in [0.15, 0.2) is 18.1 Å². The van der Waals surface area contributed by atoms with Gasteiger partial charge >= 0.3 is 0 Å². The third-order valence-corrected chi connectivity index (χ3v) is 7.17. The first-order valence-corrected chi connectivity index (χ1v) is 13.7. The van der Waals surface area contributed by atoms with Gasteiger partial charge in [-0.25, -0.2) is 0 Å². The molecule has 0 saturated heterocycles. The van der Waals surface area contributed by atoms with Crippen LogP contribution in [0.2, 0.25) is 0 Å². The van der Waals surface area contributed by atoms with Gasteiger partial charge in [0, 0.05) is 45.0 Å². The van der Waals surface area contributed by atoms with Gasteiger partial charge in [0.25, 0.3) is 5.91 Å². The van der Waals surface area contributed by atoms with Gasteiger partial charge in [0.05, 0.1) is 12.5 Å². The lowest BCUT2D eigenvalue weighted by Crippen LogP contribution is -2.50. The van der Waals surface area contributed by atoms with E-state index in [-0.39, 0.29) is 55.7 Å². The quantitative estimate of drug-likeness (QED) is 0.396. The number of hydrogen-bond acceptors (Lipinski definition) is 7. The van der Waals surface area contributed by atoms with E-state index in [1.807, 2.05) is 24.3 Å².